The zero-order valence-corrected chi connectivity index (χ0v) is 18.0. The van der Waals surface area contributed by atoms with Crippen molar-refractivity contribution in [2.45, 2.75) is 31.5 Å². The van der Waals surface area contributed by atoms with Crippen molar-refractivity contribution >= 4 is 35.1 Å². The van der Waals surface area contributed by atoms with Crippen LogP contribution in [0.2, 0.25) is 0 Å². The average molecular weight is 474 g/mol. The Morgan fingerprint density at radius 3 is 2.35 bits per heavy atom. The quantitative estimate of drug-likeness (QED) is 0.556. The number of hydrogen-bond donors (Lipinski definition) is 3. The van der Waals surface area contributed by atoms with Crippen LogP contribution in [0.5, 0.6) is 0 Å². The van der Waals surface area contributed by atoms with Gasteiger partial charge in [0.1, 0.15) is 12.1 Å². The molecular formula is C23H21F3N4O4. The number of imide groups is 1. The van der Waals surface area contributed by atoms with Gasteiger partial charge in [-0.2, -0.15) is 13.2 Å². The molecule has 0 spiro atoms. The standard InChI is InChI=1S/C23H21F3N4O4/c1-22(14-8-9-14)20(33)30(21(34)29-22)12-18(31)27-16-6-2-4-13(10-16)19(32)28-17-7-3-5-15(11-17)23(24,25)26/h2-7,10-11,14H,8-9,12H2,1H3,(H,27,31)(H,28,32)(H,29,34)/t22-/m1/s1. The molecule has 34 heavy (non-hydrogen) atoms. The molecule has 2 aromatic rings. The molecule has 11 heteroatoms. The van der Waals surface area contributed by atoms with E-state index in [1.807, 2.05) is 0 Å². The average Bonchev–Trinajstić information content (AvgIpc) is 3.60. The van der Waals surface area contributed by atoms with Crippen molar-refractivity contribution in [2.75, 3.05) is 17.2 Å². The van der Waals surface area contributed by atoms with E-state index in [0.29, 0.717) is 0 Å². The van der Waals surface area contributed by atoms with Gasteiger partial charge in [0.05, 0.1) is 5.56 Å². The summed E-state index contributed by atoms with van der Waals surface area (Å²) in [5, 5.41) is 7.57. The lowest BCUT2D eigenvalue weighted by Gasteiger charge is -2.20. The highest BCUT2D eigenvalue weighted by atomic mass is 19.4. The van der Waals surface area contributed by atoms with Crippen LogP contribution in [0.4, 0.5) is 29.3 Å². The molecule has 0 unspecified atom stereocenters. The van der Waals surface area contributed by atoms with Crippen LogP contribution in [0.25, 0.3) is 0 Å². The largest absolute Gasteiger partial charge is 0.416 e. The normalized spacial score (nSPS) is 20.2. The maximum Gasteiger partial charge on any atom is 0.416 e. The number of carbonyl (C=O) groups excluding carboxylic acids is 4. The van der Waals surface area contributed by atoms with Crippen LogP contribution in [-0.2, 0) is 15.8 Å². The molecular weight excluding hydrogens is 453 g/mol. The third-order valence-electron chi connectivity index (χ3n) is 5.85. The van der Waals surface area contributed by atoms with Gasteiger partial charge in [0.25, 0.3) is 11.8 Å². The van der Waals surface area contributed by atoms with Gasteiger partial charge < -0.3 is 16.0 Å². The Hall–Kier alpha value is -3.89. The van der Waals surface area contributed by atoms with E-state index in [-0.39, 0.29) is 22.9 Å². The van der Waals surface area contributed by atoms with Gasteiger partial charge in [0, 0.05) is 16.9 Å². The smallest absolute Gasteiger partial charge is 0.325 e. The van der Waals surface area contributed by atoms with Crippen molar-refractivity contribution in [3.63, 3.8) is 0 Å². The third kappa shape index (κ3) is 4.73. The molecule has 3 N–H and O–H groups in total. The Bertz CT molecular complexity index is 1180. The number of urea groups is 1. The van der Waals surface area contributed by atoms with Gasteiger partial charge in [-0.15, -0.1) is 0 Å². The van der Waals surface area contributed by atoms with Crippen LogP contribution in [0, 0.1) is 5.92 Å². The number of hydrogen-bond acceptors (Lipinski definition) is 4. The molecule has 0 aromatic heterocycles. The molecule has 8 nitrogen and oxygen atoms in total. The molecule has 2 aromatic carbocycles. The van der Waals surface area contributed by atoms with Crippen LogP contribution in [0.15, 0.2) is 48.5 Å². The van der Waals surface area contributed by atoms with E-state index in [0.717, 1.165) is 29.9 Å². The van der Waals surface area contributed by atoms with Crippen molar-refractivity contribution in [1.82, 2.24) is 10.2 Å². The lowest BCUT2D eigenvalue weighted by atomic mass is 9.96. The summed E-state index contributed by atoms with van der Waals surface area (Å²) >= 11 is 0. The number of rotatable bonds is 6. The van der Waals surface area contributed by atoms with Crippen molar-refractivity contribution < 1.29 is 32.3 Å². The van der Waals surface area contributed by atoms with Crippen molar-refractivity contribution in [1.29, 1.82) is 0 Å². The summed E-state index contributed by atoms with van der Waals surface area (Å²) in [5.74, 6) is -1.71. The van der Waals surface area contributed by atoms with Gasteiger partial charge in [-0.1, -0.05) is 12.1 Å². The predicted molar refractivity (Wildman–Crippen MR) is 116 cm³/mol. The first kappa shape index (κ1) is 23.3. The number of nitrogens with one attached hydrogen (secondary N) is 3. The van der Waals surface area contributed by atoms with Crippen LogP contribution < -0.4 is 16.0 Å². The first-order valence-electron chi connectivity index (χ1n) is 10.5. The van der Waals surface area contributed by atoms with Gasteiger partial charge in [-0.05, 0) is 62.1 Å². The van der Waals surface area contributed by atoms with Crippen molar-refractivity contribution in [3.8, 4) is 0 Å². The molecule has 178 valence electrons. The van der Waals surface area contributed by atoms with Gasteiger partial charge in [0.15, 0.2) is 0 Å². The van der Waals surface area contributed by atoms with Gasteiger partial charge in [0.2, 0.25) is 5.91 Å². The molecule has 2 fully saturated rings. The Morgan fingerprint density at radius 1 is 1.06 bits per heavy atom. The van der Waals surface area contributed by atoms with E-state index in [2.05, 4.69) is 16.0 Å². The molecule has 4 rings (SSSR count). The predicted octanol–water partition coefficient (Wildman–Crippen LogP) is 3.62. The minimum Gasteiger partial charge on any atom is -0.325 e. The molecule has 5 amide bonds. The van der Waals surface area contributed by atoms with E-state index in [1.54, 1.807) is 6.92 Å². The molecule has 0 radical (unpaired) electrons. The fourth-order valence-corrected chi connectivity index (χ4v) is 3.86. The van der Waals surface area contributed by atoms with Gasteiger partial charge >= 0.3 is 12.2 Å². The first-order chi connectivity index (χ1) is 16.0. The first-order valence-corrected chi connectivity index (χ1v) is 10.5. The maximum atomic E-state index is 12.9. The second kappa shape index (κ2) is 8.47. The van der Waals surface area contributed by atoms with Crippen LogP contribution in [0.3, 0.4) is 0 Å². The van der Waals surface area contributed by atoms with E-state index in [4.69, 9.17) is 0 Å². The number of halogens is 3. The number of alkyl halides is 3. The highest BCUT2D eigenvalue weighted by Gasteiger charge is 2.56. The van der Waals surface area contributed by atoms with Crippen molar-refractivity contribution in [3.05, 3.63) is 59.7 Å². The number of anilines is 2. The summed E-state index contributed by atoms with van der Waals surface area (Å²) < 4.78 is 38.6. The monoisotopic (exact) mass is 474 g/mol. The molecule has 1 aliphatic heterocycles. The highest BCUT2D eigenvalue weighted by Crippen LogP contribution is 2.42. The van der Waals surface area contributed by atoms with E-state index >= 15 is 0 Å². The number of amides is 5. The summed E-state index contributed by atoms with van der Waals surface area (Å²) in [6.45, 7) is 1.16. The summed E-state index contributed by atoms with van der Waals surface area (Å²) in [5.41, 5.74) is -1.62. The summed E-state index contributed by atoms with van der Waals surface area (Å²) in [7, 11) is 0. The lowest BCUT2D eigenvalue weighted by Crippen LogP contribution is -2.46. The Morgan fingerprint density at radius 2 is 1.71 bits per heavy atom. The molecule has 1 heterocycles. The van der Waals surface area contributed by atoms with Crippen LogP contribution >= 0.6 is 0 Å². The fraction of sp³-hybridized carbons (Fsp3) is 0.304. The summed E-state index contributed by atoms with van der Waals surface area (Å²) in [4.78, 5) is 50.7. The molecule has 1 saturated heterocycles. The summed E-state index contributed by atoms with van der Waals surface area (Å²) in [6, 6.07) is 9.32. The zero-order valence-electron chi connectivity index (χ0n) is 18.0. The van der Waals surface area contributed by atoms with Crippen LogP contribution in [0.1, 0.15) is 35.7 Å². The number of benzene rings is 2. The van der Waals surface area contributed by atoms with Gasteiger partial charge in [-0.3, -0.25) is 19.3 Å². The zero-order chi connectivity index (χ0) is 24.7. The molecule has 1 saturated carbocycles. The SMILES string of the molecule is C[C@]1(C2CC2)NC(=O)N(CC(=O)Nc2cccc(C(=O)Nc3cccc(C(F)(F)F)c3)c2)C1=O. The molecule has 2 aliphatic rings. The fourth-order valence-electron chi connectivity index (χ4n) is 3.86. The lowest BCUT2D eigenvalue weighted by molar-refractivity contribution is -0.137. The van der Waals surface area contributed by atoms with Gasteiger partial charge in [-0.25, -0.2) is 4.79 Å². The number of nitrogens with zero attached hydrogens (tertiary/aromatic N) is 1. The topological polar surface area (TPSA) is 108 Å². The van der Waals surface area contributed by atoms with E-state index in [1.165, 1.54) is 36.4 Å². The van der Waals surface area contributed by atoms with E-state index < -0.39 is 47.6 Å². The van der Waals surface area contributed by atoms with E-state index in [9.17, 15) is 32.3 Å². The molecule has 1 aliphatic carbocycles. The van der Waals surface area contributed by atoms with Crippen LogP contribution in [-0.4, -0.2) is 40.7 Å². The Balaban J connectivity index is 1.40. The third-order valence-corrected chi connectivity index (χ3v) is 5.85. The summed E-state index contributed by atoms with van der Waals surface area (Å²) in [6.07, 6.45) is -2.88. The second-order valence-electron chi connectivity index (χ2n) is 8.46. The van der Waals surface area contributed by atoms with Crippen molar-refractivity contribution in [2.24, 2.45) is 5.92 Å². The minimum absolute atomic E-state index is 0.0356. The minimum atomic E-state index is -4.55. The Labute approximate surface area is 192 Å². The molecule has 1 atom stereocenters. The Kier molecular flexibility index (Phi) is 5.80. The number of carbonyl (C=O) groups is 4. The molecule has 0 bridgehead atoms. The highest BCUT2D eigenvalue weighted by molar-refractivity contribution is 6.10. The maximum absolute atomic E-state index is 12.9. The second-order valence-corrected chi connectivity index (χ2v) is 8.46.